The molecule has 0 radical (unpaired) electrons. The normalized spacial score (nSPS) is 18.9. The average Bonchev–Trinajstić information content (AvgIpc) is 2.31. The van der Waals surface area contributed by atoms with Crippen LogP contribution >= 0.6 is 0 Å². The summed E-state index contributed by atoms with van der Waals surface area (Å²) < 4.78 is 0. The van der Waals surface area contributed by atoms with Crippen molar-refractivity contribution in [2.24, 2.45) is 0 Å². The van der Waals surface area contributed by atoms with Gasteiger partial charge in [0.1, 0.15) is 0 Å². The summed E-state index contributed by atoms with van der Waals surface area (Å²) in [6, 6.07) is 8.11. The Kier molecular flexibility index (Phi) is 3.25. The first-order valence-electron chi connectivity index (χ1n) is 5.65. The van der Waals surface area contributed by atoms with Gasteiger partial charge in [0.25, 0.3) is 0 Å². The molecule has 1 heteroatoms. The summed E-state index contributed by atoms with van der Waals surface area (Å²) >= 11 is 0. The van der Waals surface area contributed by atoms with E-state index in [1.165, 1.54) is 11.1 Å². The van der Waals surface area contributed by atoms with Gasteiger partial charge < -0.3 is 5.73 Å². The van der Waals surface area contributed by atoms with E-state index in [1.807, 2.05) is 12.1 Å². The lowest BCUT2D eigenvalue weighted by atomic mass is 9.96. The average molecular weight is 211 g/mol. The van der Waals surface area contributed by atoms with Crippen LogP contribution in [0, 0.1) is 0 Å². The van der Waals surface area contributed by atoms with Crippen LogP contribution in [0.15, 0.2) is 60.2 Å². The number of anilines is 1. The van der Waals surface area contributed by atoms with Crippen LogP contribution in [-0.2, 0) is 0 Å². The molecule has 1 aromatic rings. The third-order valence-electron chi connectivity index (χ3n) is 2.84. The number of hydrogen-bond acceptors (Lipinski definition) is 1. The van der Waals surface area contributed by atoms with Crippen molar-refractivity contribution in [2.75, 3.05) is 5.73 Å². The molecule has 0 aliphatic heterocycles. The monoisotopic (exact) mass is 211 g/mol. The van der Waals surface area contributed by atoms with Gasteiger partial charge in [0.05, 0.1) is 0 Å². The minimum atomic E-state index is 0.437. The molecule has 82 valence electrons. The Morgan fingerprint density at radius 2 is 1.94 bits per heavy atom. The van der Waals surface area contributed by atoms with Gasteiger partial charge in [-0.05, 0) is 35.6 Å². The maximum atomic E-state index is 5.68. The molecule has 0 saturated heterocycles. The molecule has 0 heterocycles. The molecule has 1 unspecified atom stereocenters. The maximum absolute atomic E-state index is 5.68. The molecule has 1 aromatic carbocycles. The molecule has 0 aromatic heterocycles. The van der Waals surface area contributed by atoms with E-state index >= 15 is 0 Å². The van der Waals surface area contributed by atoms with Crippen LogP contribution in [-0.4, -0.2) is 0 Å². The molecule has 0 saturated carbocycles. The van der Waals surface area contributed by atoms with E-state index in [0.717, 1.165) is 12.1 Å². The number of benzene rings is 1. The number of nitrogens with two attached hydrogens (primary N) is 1. The SMILES string of the molecule is CC(C=C1C=CC=CC1)c1ccc(N)cc1. The fourth-order valence-electron chi connectivity index (χ4n) is 1.87. The number of rotatable bonds is 2. The Balaban J connectivity index is 2.13. The summed E-state index contributed by atoms with van der Waals surface area (Å²) in [7, 11) is 0. The molecule has 2 rings (SSSR count). The van der Waals surface area contributed by atoms with E-state index in [-0.39, 0.29) is 0 Å². The highest BCUT2D eigenvalue weighted by molar-refractivity contribution is 5.41. The van der Waals surface area contributed by atoms with Crippen molar-refractivity contribution in [3.8, 4) is 0 Å². The van der Waals surface area contributed by atoms with Crippen LogP contribution in [0.5, 0.6) is 0 Å². The standard InChI is InChI=1S/C15H17N/c1-12(11-13-5-3-2-4-6-13)14-7-9-15(16)10-8-14/h2-5,7-12H,6,16H2,1H3. The van der Waals surface area contributed by atoms with Crippen LogP contribution in [0.3, 0.4) is 0 Å². The van der Waals surface area contributed by atoms with Gasteiger partial charge in [0, 0.05) is 5.69 Å². The third kappa shape index (κ3) is 2.63. The van der Waals surface area contributed by atoms with E-state index in [4.69, 9.17) is 5.73 Å². The lowest BCUT2D eigenvalue weighted by Gasteiger charge is -2.10. The lowest BCUT2D eigenvalue weighted by molar-refractivity contribution is 0.951. The van der Waals surface area contributed by atoms with E-state index in [0.29, 0.717) is 5.92 Å². The van der Waals surface area contributed by atoms with Crippen LogP contribution < -0.4 is 5.73 Å². The highest BCUT2D eigenvalue weighted by atomic mass is 14.5. The first-order chi connectivity index (χ1) is 7.75. The van der Waals surface area contributed by atoms with Gasteiger partial charge in [-0.15, -0.1) is 0 Å². The molecule has 1 atom stereocenters. The van der Waals surface area contributed by atoms with E-state index < -0.39 is 0 Å². The molecular weight excluding hydrogens is 194 g/mol. The van der Waals surface area contributed by atoms with E-state index in [1.54, 1.807) is 0 Å². The summed E-state index contributed by atoms with van der Waals surface area (Å²) in [4.78, 5) is 0. The van der Waals surface area contributed by atoms with Crippen LogP contribution in [0.1, 0.15) is 24.8 Å². The molecule has 1 aliphatic rings. The molecule has 1 nitrogen and oxygen atoms in total. The highest BCUT2D eigenvalue weighted by Crippen LogP contribution is 2.22. The van der Waals surface area contributed by atoms with Gasteiger partial charge >= 0.3 is 0 Å². The van der Waals surface area contributed by atoms with Crippen molar-refractivity contribution < 1.29 is 0 Å². The van der Waals surface area contributed by atoms with E-state index in [9.17, 15) is 0 Å². The smallest absolute Gasteiger partial charge is 0.0314 e. The van der Waals surface area contributed by atoms with Gasteiger partial charge in [-0.2, -0.15) is 0 Å². The molecular formula is C15H17N. The molecule has 1 aliphatic carbocycles. The van der Waals surface area contributed by atoms with Gasteiger partial charge in [0.2, 0.25) is 0 Å². The zero-order valence-corrected chi connectivity index (χ0v) is 9.56. The summed E-state index contributed by atoms with van der Waals surface area (Å²) in [5.74, 6) is 0.437. The fourth-order valence-corrected chi connectivity index (χ4v) is 1.87. The molecule has 0 bridgehead atoms. The topological polar surface area (TPSA) is 26.0 Å². The van der Waals surface area contributed by atoms with Crippen LogP contribution in [0.25, 0.3) is 0 Å². The van der Waals surface area contributed by atoms with Gasteiger partial charge in [-0.25, -0.2) is 0 Å². The summed E-state index contributed by atoms with van der Waals surface area (Å²) in [5.41, 5.74) is 9.19. The molecule has 0 spiro atoms. The van der Waals surface area contributed by atoms with Gasteiger partial charge in [0.15, 0.2) is 0 Å². The Hall–Kier alpha value is -1.76. The maximum Gasteiger partial charge on any atom is 0.0314 e. The first kappa shape index (κ1) is 10.7. The molecule has 16 heavy (non-hydrogen) atoms. The summed E-state index contributed by atoms with van der Waals surface area (Å²) in [6.45, 7) is 2.21. The Bertz CT molecular complexity index is 435. The Morgan fingerprint density at radius 3 is 2.56 bits per heavy atom. The van der Waals surface area contributed by atoms with Crippen molar-refractivity contribution in [1.82, 2.24) is 0 Å². The quantitative estimate of drug-likeness (QED) is 0.739. The minimum absolute atomic E-state index is 0.437. The van der Waals surface area contributed by atoms with Crippen LogP contribution in [0.4, 0.5) is 5.69 Å². The molecule has 0 amide bonds. The second kappa shape index (κ2) is 4.84. The number of allylic oxidation sites excluding steroid dienone is 6. The van der Waals surface area contributed by atoms with Crippen LogP contribution in [0.2, 0.25) is 0 Å². The molecule has 2 N–H and O–H groups in total. The Labute approximate surface area is 97.0 Å². The summed E-state index contributed by atoms with van der Waals surface area (Å²) in [6.07, 6.45) is 11.9. The van der Waals surface area contributed by atoms with Gasteiger partial charge in [-0.3, -0.25) is 0 Å². The fraction of sp³-hybridized carbons (Fsp3) is 0.200. The zero-order chi connectivity index (χ0) is 11.4. The molecule has 0 fully saturated rings. The van der Waals surface area contributed by atoms with Crippen molar-refractivity contribution >= 4 is 5.69 Å². The van der Waals surface area contributed by atoms with Crippen molar-refractivity contribution in [3.05, 3.63) is 65.8 Å². The largest absolute Gasteiger partial charge is 0.399 e. The zero-order valence-electron chi connectivity index (χ0n) is 9.56. The highest BCUT2D eigenvalue weighted by Gasteiger charge is 2.03. The predicted octanol–water partition coefficient (Wildman–Crippen LogP) is 3.81. The number of hydrogen-bond donors (Lipinski definition) is 1. The van der Waals surface area contributed by atoms with Crippen molar-refractivity contribution in [1.29, 1.82) is 0 Å². The number of nitrogen functional groups attached to an aromatic ring is 1. The van der Waals surface area contributed by atoms with Crippen molar-refractivity contribution in [2.45, 2.75) is 19.3 Å². The first-order valence-corrected chi connectivity index (χ1v) is 5.65. The van der Waals surface area contributed by atoms with Gasteiger partial charge in [-0.1, -0.05) is 49.4 Å². The lowest BCUT2D eigenvalue weighted by Crippen LogP contribution is -1.93. The second-order valence-electron chi connectivity index (χ2n) is 4.19. The van der Waals surface area contributed by atoms with E-state index in [2.05, 4.69) is 49.4 Å². The van der Waals surface area contributed by atoms with Crippen molar-refractivity contribution in [3.63, 3.8) is 0 Å². The predicted molar refractivity (Wildman–Crippen MR) is 70.2 cm³/mol. The Morgan fingerprint density at radius 1 is 1.19 bits per heavy atom. The minimum Gasteiger partial charge on any atom is -0.399 e. The second-order valence-corrected chi connectivity index (χ2v) is 4.19. The third-order valence-corrected chi connectivity index (χ3v) is 2.84. The summed E-state index contributed by atoms with van der Waals surface area (Å²) in [5, 5.41) is 0.